The van der Waals surface area contributed by atoms with Gasteiger partial charge in [0.1, 0.15) is 11.8 Å². The Kier molecular flexibility index (Phi) is 6.66. The van der Waals surface area contributed by atoms with Crippen molar-refractivity contribution in [3.8, 4) is 12.3 Å². The Morgan fingerprint density at radius 1 is 1.56 bits per heavy atom. The Bertz CT molecular complexity index is 1050. The molecule has 3 atom stereocenters. The molecule has 2 aromatic heterocycles. The van der Waals surface area contributed by atoms with Gasteiger partial charge in [-0.3, -0.25) is 4.57 Å². The van der Waals surface area contributed by atoms with E-state index in [1.54, 1.807) is 6.08 Å². The maximum absolute atomic E-state index is 13.7. The molecule has 1 fully saturated rings. The summed E-state index contributed by atoms with van der Waals surface area (Å²) in [6.07, 6.45) is 6.35. The number of aliphatic hydroxyl groups excluding tert-OH is 1. The van der Waals surface area contributed by atoms with Crippen LogP contribution in [0.15, 0.2) is 19.0 Å². The molecule has 0 spiro atoms. The van der Waals surface area contributed by atoms with Crippen LogP contribution in [0.3, 0.4) is 0 Å². The molecule has 0 radical (unpaired) electrons. The standard InChI is InChI=1S/C21H26FN5O5/c1-5-9-20(6-2,7-3)32-19(29)30-13-10-14(31-21(13,8-4)11-28)27-12-24-15-16(23)25-18(22)26-17(15)27/h4-5,12-14,28H,1,6-7,9-11H2,2-3H3,(H2,23,25,26)/t13-,14+,21+/m0/s1. The molecule has 0 amide bonds. The van der Waals surface area contributed by atoms with Gasteiger partial charge in [0.2, 0.25) is 0 Å². The molecule has 3 rings (SSSR count). The number of ether oxygens (including phenoxy) is 3. The number of halogens is 1. The van der Waals surface area contributed by atoms with Crippen molar-refractivity contribution in [2.75, 3.05) is 12.3 Å². The van der Waals surface area contributed by atoms with E-state index in [0.29, 0.717) is 19.3 Å². The molecule has 1 saturated heterocycles. The molecule has 3 N–H and O–H groups in total. The number of anilines is 1. The van der Waals surface area contributed by atoms with Crippen LogP contribution in [0.25, 0.3) is 11.2 Å². The summed E-state index contributed by atoms with van der Waals surface area (Å²) in [5, 5.41) is 9.98. The van der Waals surface area contributed by atoms with Crippen LogP contribution in [0.1, 0.15) is 45.8 Å². The SMILES string of the molecule is C#C[C@]1(CO)O[C@@H](n2cnc3c(N)nc(F)nc32)C[C@@H]1OC(=O)OC(CC)(CC)CC=C. The Morgan fingerprint density at radius 3 is 2.88 bits per heavy atom. The van der Waals surface area contributed by atoms with Crippen LogP contribution in [0.4, 0.5) is 15.0 Å². The fourth-order valence-electron chi connectivity index (χ4n) is 3.79. The van der Waals surface area contributed by atoms with E-state index < -0.39 is 42.4 Å². The van der Waals surface area contributed by atoms with Crippen molar-refractivity contribution >= 4 is 23.1 Å². The summed E-state index contributed by atoms with van der Waals surface area (Å²) in [6, 6.07) is 0. The Hall–Kier alpha value is -3.23. The molecular formula is C21H26FN5O5. The van der Waals surface area contributed by atoms with E-state index in [4.69, 9.17) is 26.4 Å². The maximum Gasteiger partial charge on any atom is 0.509 e. The van der Waals surface area contributed by atoms with Crippen molar-refractivity contribution in [1.29, 1.82) is 0 Å². The zero-order valence-electron chi connectivity index (χ0n) is 18.0. The largest absolute Gasteiger partial charge is 0.509 e. The van der Waals surface area contributed by atoms with Gasteiger partial charge in [-0.25, -0.2) is 9.78 Å². The lowest BCUT2D eigenvalue weighted by molar-refractivity contribution is -0.109. The lowest BCUT2D eigenvalue weighted by Gasteiger charge is -2.32. The summed E-state index contributed by atoms with van der Waals surface area (Å²) < 4.78 is 32.1. The van der Waals surface area contributed by atoms with Crippen molar-refractivity contribution < 1.29 is 28.5 Å². The van der Waals surface area contributed by atoms with Crippen LogP contribution >= 0.6 is 0 Å². The third-order valence-corrected chi connectivity index (χ3v) is 5.84. The van der Waals surface area contributed by atoms with Crippen LogP contribution in [-0.4, -0.2) is 54.7 Å². The fraction of sp³-hybridized carbons (Fsp3) is 0.524. The zero-order valence-corrected chi connectivity index (χ0v) is 18.0. The lowest BCUT2D eigenvalue weighted by Crippen LogP contribution is -2.45. The van der Waals surface area contributed by atoms with Gasteiger partial charge in [-0.2, -0.15) is 14.4 Å². The number of hydrogen-bond donors (Lipinski definition) is 2. The number of aliphatic hydroxyl groups is 1. The number of terminal acetylenes is 1. The van der Waals surface area contributed by atoms with Crippen molar-refractivity contribution in [3.05, 3.63) is 25.1 Å². The van der Waals surface area contributed by atoms with Crippen molar-refractivity contribution in [2.24, 2.45) is 0 Å². The smallest absolute Gasteiger partial charge is 0.427 e. The first-order chi connectivity index (χ1) is 15.3. The summed E-state index contributed by atoms with van der Waals surface area (Å²) in [5.74, 6) is 2.24. The van der Waals surface area contributed by atoms with Crippen LogP contribution in [-0.2, 0) is 14.2 Å². The second-order valence-electron chi connectivity index (χ2n) is 7.54. The number of rotatable bonds is 8. The zero-order chi connectivity index (χ0) is 23.5. The number of carbonyl (C=O) groups is 1. The van der Waals surface area contributed by atoms with E-state index in [-0.39, 0.29) is 23.4 Å². The molecule has 11 heteroatoms. The molecular weight excluding hydrogens is 421 g/mol. The Labute approximate surface area is 184 Å². The molecule has 2 aromatic rings. The summed E-state index contributed by atoms with van der Waals surface area (Å²) >= 11 is 0. The van der Waals surface area contributed by atoms with E-state index in [1.165, 1.54) is 10.9 Å². The highest BCUT2D eigenvalue weighted by Crippen LogP contribution is 2.40. The first kappa shape index (κ1) is 23.4. The van der Waals surface area contributed by atoms with E-state index in [9.17, 15) is 14.3 Å². The predicted molar refractivity (Wildman–Crippen MR) is 113 cm³/mol. The van der Waals surface area contributed by atoms with Crippen molar-refractivity contribution in [1.82, 2.24) is 19.5 Å². The second-order valence-corrected chi connectivity index (χ2v) is 7.54. The molecule has 32 heavy (non-hydrogen) atoms. The number of nitrogen functional groups attached to an aromatic ring is 1. The third-order valence-electron chi connectivity index (χ3n) is 5.84. The number of hydrogen-bond acceptors (Lipinski definition) is 9. The van der Waals surface area contributed by atoms with Crippen LogP contribution < -0.4 is 5.73 Å². The minimum absolute atomic E-state index is 0.0313. The van der Waals surface area contributed by atoms with E-state index >= 15 is 0 Å². The molecule has 0 unspecified atom stereocenters. The predicted octanol–water partition coefficient (Wildman–Crippen LogP) is 2.49. The highest BCUT2D eigenvalue weighted by molar-refractivity contribution is 5.81. The highest BCUT2D eigenvalue weighted by Gasteiger charge is 2.51. The fourth-order valence-corrected chi connectivity index (χ4v) is 3.79. The first-order valence-electron chi connectivity index (χ1n) is 10.2. The molecule has 0 saturated carbocycles. The van der Waals surface area contributed by atoms with Gasteiger partial charge in [0.15, 0.2) is 28.7 Å². The van der Waals surface area contributed by atoms with E-state index in [0.717, 1.165) is 0 Å². The molecule has 10 nitrogen and oxygen atoms in total. The Balaban J connectivity index is 1.87. The van der Waals surface area contributed by atoms with Crippen molar-refractivity contribution in [2.45, 2.75) is 63.1 Å². The molecule has 3 heterocycles. The number of aromatic nitrogens is 4. The van der Waals surface area contributed by atoms with Gasteiger partial charge in [0.25, 0.3) is 0 Å². The summed E-state index contributed by atoms with van der Waals surface area (Å²) in [6.45, 7) is 6.87. The van der Waals surface area contributed by atoms with Gasteiger partial charge in [-0.15, -0.1) is 13.0 Å². The normalized spacial score (nSPS) is 23.1. The van der Waals surface area contributed by atoms with Gasteiger partial charge in [-0.05, 0) is 12.8 Å². The van der Waals surface area contributed by atoms with Crippen LogP contribution in [0, 0.1) is 18.4 Å². The topological polar surface area (TPSA) is 135 Å². The van der Waals surface area contributed by atoms with Gasteiger partial charge in [0, 0.05) is 12.8 Å². The third kappa shape index (κ3) is 4.11. The second kappa shape index (κ2) is 9.10. The monoisotopic (exact) mass is 447 g/mol. The number of carbonyl (C=O) groups excluding carboxylic acids is 1. The number of nitrogens with two attached hydrogens (primary N) is 1. The average Bonchev–Trinajstić information content (AvgIpc) is 3.35. The van der Waals surface area contributed by atoms with Gasteiger partial charge in [-0.1, -0.05) is 25.8 Å². The molecule has 1 aliphatic heterocycles. The van der Waals surface area contributed by atoms with E-state index in [2.05, 4.69) is 27.5 Å². The quantitative estimate of drug-likeness (QED) is 0.271. The molecule has 0 aromatic carbocycles. The molecule has 1 aliphatic rings. The minimum Gasteiger partial charge on any atom is -0.427 e. The van der Waals surface area contributed by atoms with Crippen LogP contribution in [0.5, 0.6) is 0 Å². The lowest BCUT2D eigenvalue weighted by atomic mass is 9.93. The molecule has 172 valence electrons. The van der Waals surface area contributed by atoms with Gasteiger partial charge < -0.3 is 25.1 Å². The van der Waals surface area contributed by atoms with E-state index in [1.807, 2.05) is 13.8 Å². The van der Waals surface area contributed by atoms with Crippen LogP contribution in [0.2, 0.25) is 0 Å². The summed E-state index contributed by atoms with van der Waals surface area (Å²) in [4.78, 5) is 23.9. The molecule has 0 bridgehead atoms. The number of nitrogens with zero attached hydrogens (tertiary/aromatic N) is 4. The Morgan fingerprint density at radius 2 is 2.28 bits per heavy atom. The van der Waals surface area contributed by atoms with Gasteiger partial charge in [0.05, 0.1) is 12.9 Å². The van der Waals surface area contributed by atoms with Gasteiger partial charge >= 0.3 is 12.2 Å². The molecule has 0 aliphatic carbocycles. The maximum atomic E-state index is 13.7. The average molecular weight is 447 g/mol. The summed E-state index contributed by atoms with van der Waals surface area (Å²) in [5.41, 5.74) is 3.55. The highest BCUT2D eigenvalue weighted by atomic mass is 19.1. The first-order valence-corrected chi connectivity index (χ1v) is 10.2. The minimum atomic E-state index is -1.64. The number of imidazole rings is 1. The number of fused-ring (bicyclic) bond motifs is 1. The van der Waals surface area contributed by atoms with Crippen molar-refractivity contribution in [3.63, 3.8) is 0 Å². The summed E-state index contributed by atoms with van der Waals surface area (Å²) in [7, 11) is 0.